The van der Waals surface area contributed by atoms with E-state index in [4.69, 9.17) is 10.5 Å². The van der Waals surface area contributed by atoms with Gasteiger partial charge in [-0.3, -0.25) is 0 Å². The number of hydrogen-bond acceptors (Lipinski definition) is 4. The number of nitrogens with two attached hydrogens (primary N) is 1. The van der Waals surface area contributed by atoms with E-state index in [0.717, 1.165) is 12.8 Å². The van der Waals surface area contributed by atoms with Crippen molar-refractivity contribution >= 4 is 26.0 Å². The molecule has 1 unspecified atom stereocenters. The molecule has 0 aliphatic carbocycles. The monoisotopic (exact) mass is 376 g/mol. The highest BCUT2D eigenvalue weighted by molar-refractivity contribution is 9.10. The Morgan fingerprint density at radius 2 is 2.00 bits per heavy atom. The summed E-state index contributed by atoms with van der Waals surface area (Å²) >= 11 is 3.32. The van der Waals surface area contributed by atoms with Crippen LogP contribution in [0.2, 0.25) is 0 Å². The fourth-order valence-electron chi connectivity index (χ4n) is 2.63. The number of sulfonamides is 1. The van der Waals surface area contributed by atoms with Gasteiger partial charge < -0.3 is 10.5 Å². The van der Waals surface area contributed by atoms with Gasteiger partial charge in [-0.2, -0.15) is 4.31 Å². The van der Waals surface area contributed by atoms with Crippen molar-refractivity contribution in [3.8, 4) is 5.75 Å². The number of rotatable bonds is 4. The third-order valence-electron chi connectivity index (χ3n) is 3.99. The molecule has 21 heavy (non-hydrogen) atoms. The molecule has 1 aromatic carbocycles. The molecule has 5 nitrogen and oxygen atoms in total. The molecule has 1 fully saturated rings. The quantitative estimate of drug-likeness (QED) is 0.873. The van der Waals surface area contributed by atoms with Crippen molar-refractivity contribution in [3.05, 3.63) is 22.7 Å². The van der Waals surface area contributed by atoms with Gasteiger partial charge in [-0.05, 0) is 43.9 Å². The number of nitrogens with zero attached hydrogens (tertiary/aromatic N) is 1. The lowest BCUT2D eigenvalue weighted by molar-refractivity contribution is 0.250. The summed E-state index contributed by atoms with van der Waals surface area (Å²) in [6, 6.07) is 5.12. The molecule has 2 rings (SSSR count). The summed E-state index contributed by atoms with van der Waals surface area (Å²) in [5, 5.41) is 0. The molecule has 0 amide bonds. The first-order chi connectivity index (χ1) is 9.86. The molecule has 118 valence electrons. The van der Waals surface area contributed by atoms with E-state index >= 15 is 0 Å². The van der Waals surface area contributed by atoms with Crippen molar-refractivity contribution in [2.24, 2.45) is 11.7 Å². The van der Waals surface area contributed by atoms with Gasteiger partial charge in [-0.15, -0.1) is 0 Å². The van der Waals surface area contributed by atoms with Gasteiger partial charge in [0.25, 0.3) is 0 Å². The predicted octanol–water partition coefficient (Wildman–Crippen LogP) is 2.21. The Hall–Kier alpha value is -0.630. The van der Waals surface area contributed by atoms with E-state index in [-0.39, 0.29) is 10.9 Å². The van der Waals surface area contributed by atoms with Crippen LogP contribution < -0.4 is 10.5 Å². The maximum absolute atomic E-state index is 12.8. The lowest BCUT2D eigenvalue weighted by Crippen LogP contribution is -2.42. The van der Waals surface area contributed by atoms with E-state index in [1.165, 1.54) is 11.4 Å². The first-order valence-corrected chi connectivity index (χ1v) is 9.19. The van der Waals surface area contributed by atoms with E-state index < -0.39 is 10.0 Å². The van der Waals surface area contributed by atoms with Gasteiger partial charge in [-0.25, -0.2) is 8.42 Å². The van der Waals surface area contributed by atoms with Crippen molar-refractivity contribution in [2.75, 3.05) is 20.2 Å². The topological polar surface area (TPSA) is 72.6 Å². The molecule has 1 aliphatic heterocycles. The Bertz CT molecular complexity index is 596. The predicted molar refractivity (Wildman–Crippen MR) is 85.8 cm³/mol. The molecule has 1 saturated heterocycles. The van der Waals surface area contributed by atoms with E-state index in [1.54, 1.807) is 18.2 Å². The molecule has 0 radical (unpaired) electrons. The molecule has 1 aromatic rings. The first kappa shape index (κ1) is 16.7. The van der Waals surface area contributed by atoms with Gasteiger partial charge >= 0.3 is 0 Å². The summed E-state index contributed by atoms with van der Waals surface area (Å²) < 4.78 is 33.0. The smallest absolute Gasteiger partial charge is 0.246 e. The van der Waals surface area contributed by atoms with Crippen LogP contribution >= 0.6 is 15.9 Å². The Balaban J connectivity index is 2.25. The van der Waals surface area contributed by atoms with Crippen LogP contribution in [0.25, 0.3) is 0 Å². The second-order valence-electron chi connectivity index (χ2n) is 5.40. The Kier molecular flexibility index (Phi) is 5.29. The Labute approximate surface area is 134 Å². The zero-order valence-corrected chi connectivity index (χ0v) is 14.7. The van der Waals surface area contributed by atoms with Gasteiger partial charge in [0.05, 0.1) is 7.11 Å². The van der Waals surface area contributed by atoms with Crippen LogP contribution in [0.4, 0.5) is 0 Å². The SMILES string of the molecule is COc1ccc(Br)cc1S(=O)(=O)N1CCC(C(C)N)CC1. The molecule has 2 N–H and O–H groups in total. The van der Waals surface area contributed by atoms with Crippen LogP contribution in [0, 0.1) is 5.92 Å². The van der Waals surface area contributed by atoms with Crippen molar-refractivity contribution in [2.45, 2.75) is 30.7 Å². The standard InChI is InChI=1S/C14H21BrN2O3S/c1-10(16)11-5-7-17(8-6-11)21(18,19)14-9-12(15)3-4-13(14)20-2/h3-4,9-11H,5-8,16H2,1-2H3. The van der Waals surface area contributed by atoms with Gasteiger partial charge in [0.15, 0.2) is 0 Å². The van der Waals surface area contributed by atoms with Crippen molar-refractivity contribution < 1.29 is 13.2 Å². The van der Waals surface area contributed by atoms with E-state index in [0.29, 0.717) is 29.2 Å². The minimum absolute atomic E-state index is 0.107. The number of methoxy groups -OCH3 is 1. The fourth-order valence-corrected chi connectivity index (χ4v) is 4.80. The molecule has 7 heteroatoms. The zero-order chi connectivity index (χ0) is 15.6. The van der Waals surface area contributed by atoms with Crippen LogP contribution in [0.15, 0.2) is 27.6 Å². The molecular formula is C14H21BrN2O3S. The van der Waals surface area contributed by atoms with Crippen LogP contribution in [0.3, 0.4) is 0 Å². The average molecular weight is 377 g/mol. The van der Waals surface area contributed by atoms with Gasteiger partial charge in [-0.1, -0.05) is 15.9 Å². The molecule has 1 atom stereocenters. The second kappa shape index (κ2) is 6.64. The first-order valence-electron chi connectivity index (χ1n) is 6.95. The van der Waals surface area contributed by atoms with Crippen LogP contribution in [0.1, 0.15) is 19.8 Å². The number of piperidine rings is 1. The van der Waals surface area contributed by atoms with Crippen LogP contribution in [-0.2, 0) is 10.0 Å². The Morgan fingerprint density at radius 3 is 2.52 bits per heavy atom. The Morgan fingerprint density at radius 1 is 1.38 bits per heavy atom. The zero-order valence-electron chi connectivity index (χ0n) is 12.3. The maximum atomic E-state index is 12.8. The summed E-state index contributed by atoms with van der Waals surface area (Å²) in [4.78, 5) is 0.207. The van der Waals surface area contributed by atoms with Crippen molar-refractivity contribution in [1.29, 1.82) is 0 Å². The molecular weight excluding hydrogens is 356 g/mol. The normalized spacial score (nSPS) is 19.4. The highest BCUT2D eigenvalue weighted by Gasteiger charge is 2.32. The van der Waals surface area contributed by atoms with Crippen molar-refractivity contribution in [3.63, 3.8) is 0 Å². The second-order valence-corrected chi connectivity index (χ2v) is 8.22. The highest BCUT2D eigenvalue weighted by atomic mass is 79.9. The third kappa shape index (κ3) is 3.59. The third-order valence-corrected chi connectivity index (χ3v) is 6.40. The summed E-state index contributed by atoms with van der Waals surface area (Å²) in [6.07, 6.45) is 1.60. The number of hydrogen-bond donors (Lipinski definition) is 1. The number of halogens is 1. The molecule has 1 aliphatic rings. The van der Waals surface area contributed by atoms with Crippen LogP contribution in [0.5, 0.6) is 5.75 Å². The fraction of sp³-hybridized carbons (Fsp3) is 0.571. The molecule has 1 heterocycles. The van der Waals surface area contributed by atoms with Gasteiger partial charge in [0.1, 0.15) is 10.6 Å². The van der Waals surface area contributed by atoms with Crippen molar-refractivity contribution in [1.82, 2.24) is 4.31 Å². The van der Waals surface area contributed by atoms with E-state index in [9.17, 15) is 8.42 Å². The highest BCUT2D eigenvalue weighted by Crippen LogP contribution is 2.32. The lowest BCUT2D eigenvalue weighted by atomic mass is 9.92. The minimum atomic E-state index is -3.54. The minimum Gasteiger partial charge on any atom is -0.495 e. The van der Waals surface area contributed by atoms with E-state index in [1.807, 2.05) is 6.92 Å². The molecule has 0 aromatic heterocycles. The average Bonchev–Trinajstić information content (AvgIpc) is 2.47. The lowest BCUT2D eigenvalue weighted by Gasteiger charge is -2.33. The van der Waals surface area contributed by atoms with E-state index in [2.05, 4.69) is 15.9 Å². The number of benzene rings is 1. The summed E-state index contributed by atoms with van der Waals surface area (Å²) in [5.41, 5.74) is 5.90. The maximum Gasteiger partial charge on any atom is 0.246 e. The molecule has 0 spiro atoms. The molecule has 0 bridgehead atoms. The largest absolute Gasteiger partial charge is 0.495 e. The summed E-state index contributed by atoms with van der Waals surface area (Å²) in [6.45, 7) is 2.99. The van der Waals surface area contributed by atoms with Crippen LogP contribution in [-0.4, -0.2) is 39.0 Å². The summed E-state index contributed by atoms with van der Waals surface area (Å²) in [7, 11) is -2.06. The van der Waals surface area contributed by atoms with Gasteiger partial charge in [0.2, 0.25) is 10.0 Å². The summed E-state index contributed by atoms with van der Waals surface area (Å²) in [5.74, 6) is 0.758. The number of ether oxygens (including phenoxy) is 1. The molecule has 0 saturated carbocycles. The van der Waals surface area contributed by atoms with Gasteiger partial charge in [0, 0.05) is 23.6 Å².